The van der Waals surface area contributed by atoms with Gasteiger partial charge >= 0.3 is 0 Å². The molecular weight excluding hydrogens is 194 g/mol. The number of nitrogens with zero attached hydrogens (tertiary/aromatic N) is 2. The minimum atomic E-state index is -0.0132. The normalized spacial score (nSPS) is 9.80. The van der Waals surface area contributed by atoms with Gasteiger partial charge in [-0.25, -0.2) is 4.98 Å². The van der Waals surface area contributed by atoms with Gasteiger partial charge in [-0.05, 0) is 6.07 Å². The number of methoxy groups -OCH3 is 1. The van der Waals surface area contributed by atoms with Gasteiger partial charge in [0.15, 0.2) is 0 Å². The van der Waals surface area contributed by atoms with Crippen molar-refractivity contribution in [3.8, 4) is 5.88 Å². The van der Waals surface area contributed by atoms with Crippen LogP contribution in [0, 0.1) is 0 Å². The number of amides is 1. The summed E-state index contributed by atoms with van der Waals surface area (Å²) in [5.74, 6) is 0.431. The van der Waals surface area contributed by atoms with E-state index in [1.165, 1.54) is 18.2 Å². The number of likely N-dealkylation sites (N-methyl/N-ethyl adjacent to an activating group) is 1. The Bertz CT molecular complexity index is 364. The maximum Gasteiger partial charge on any atom is 0.226 e. The van der Waals surface area contributed by atoms with Crippen molar-refractivity contribution < 1.29 is 9.53 Å². The predicted molar refractivity (Wildman–Crippen MR) is 57.6 cm³/mol. The number of ether oxygens (including phenoxy) is 1. The molecule has 0 atom stereocenters. The monoisotopic (exact) mass is 209 g/mol. The fourth-order valence-electron chi connectivity index (χ4n) is 1.15. The summed E-state index contributed by atoms with van der Waals surface area (Å²) in [7, 11) is 4.92. The molecule has 1 heterocycles. The molecule has 5 heteroatoms. The highest BCUT2D eigenvalue weighted by Gasteiger charge is 2.11. The second-order valence-electron chi connectivity index (χ2n) is 3.40. The number of hydrogen-bond acceptors (Lipinski definition) is 4. The minimum Gasteiger partial charge on any atom is -0.481 e. The topological polar surface area (TPSA) is 68.5 Å². The zero-order valence-corrected chi connectivity index (χ0v) is 9.15. The second kappa shape index (κ2) is 4.63. The molecule has 2 N–H and O–H groups in total. The number of aromatic nitrogens is 1. The molecular formula is C10H15N3O2. The number of carbonyl (C=O) groups is 1. The van der Waals surface area contributed by atoms with Crippen LogP contribution in [0.25, 0.3) is 0 Å². The lowest BCUT2D eigenvalue weighted by Gasteiger charge is -2.12. The molecule has 0 radical (unpaired) electrons. The van der Waals surface area contributed by atoms with Gasteiger partial charge in [-0.15, -0.1) is 0 Å². The molecule has 0 bridgehead atoms. The van der Waals surface area contributed by atoms with E-state index in [9.17, 15) is 4.79 Å². The molecule has 1 rings (SSSR count). The molecule has 0 spiro atoms. The third-order valence-corrected chi connectivity index (χ3v) is 1.98. The van der Waals surface area contributed by atoms with Gasteiger partial charge in [0.1, 0.15) is 0 Å². The molecule has 1 aromatic rings. The largest absolute Gasteiger partial charge is 0.481 e. The van der Waals surface area contributed by atoms with Crippen LogP contribution in [-0.2, 0) is 11.2 Å². The van der Waals surface area contributed by atoms with Gasteiger partial charge in [0.2, 0.25) is 11.8 Å². The van der Waals surface area contributed by atoms with Crippen LogP contribution in [0.3, 0.4) is 0 Å². The van der Waals surface area contributed by atoms with E-state index < -0.39 is 0 Å². The van der Waals surface area contributed by atoms with Crippen LogP contribution < -0.4 is 10.5 Å². The van der Waals surface area contributed by atoms with E-state index in [4.69, 9.17) is 10.5 Å². The summed E-state index contributed by atoms with van der Waals surface area (Å²) < 4.78 is 5.04. The van der Waals surface area contributed by atoms with Crippen LogP contribution in [0.2, 0.25) is 0 Å². The highest BCUT2D eigenvalue weighted by Crippen LogP contribution is 2.18. The number of nitrogen functional groups attached to an aromatic ring is 1. The van der Waals surface area contributed by atoms with Gasteiger partial charge in [0.25, 0.3) is 0 Å². The summed E-state index contributed by atoms with van der Waals surface area (Å²) in [6.07, 6.45) is 1.75. The van der Waals surface area contributed by atoms with E-state index in [1.54, 1.807) is 20.2 Å². The predicted octanol–water partition coefficient (Wildman–Crippen LogP) is 0.303. The highest BCUT2D eigenvalue weighted by atomic mass is 16.5. The molecule has 0 fully saturated rings. The van der Waals surface area contributed by atoms with E-state index >= 15 is 0 Å². The summed E-state index contributed by atoms with van der Waals surface area (Å²) in [5.41, 5.74) is 6.82. The Hall–Kier alpha value is -1.78. The summed E-state index contributed by atoms with van der Waals surface area (Å²) in [4.78, 5) is 17.0. The molecule has 0 aliphatic heterocycles. The van der Waals surface area contributed by atoms with Gasteiger partial charge < -0.3 is 15.4 Å². The van der Waals surface area contributed by atoms with Crippen molar-refractivity contribution >= 4 is 11.6 Å². The first-order chi connectivity index (χ1) is 7.04. The second-order valence-corrected chi connectivity index (χ2v) is 3.40. The molecule has 0 saturated carbocycles. The van der Waals surface area contributed by atoms with Crippen molar-refractivity contribution in [2.75, 3.05) is 26.9 Å². The molecule has 5 nitrogen and oxygen atoms in total. The molecule has 0 aliphatic carbocycles. The van der Waals surface area contributed by atoms with Crippen LogP contribution in [0.4, 0.5) is 5.69 Å². The Balaban J connectivity index is 2.92. The first-order valence-corrected chi connectivity index (χ1v) is 4.53. The van der Waals surface area contributed by atoms with Crippen molar-refractivity contribution in [1.82, 2.24) is 9.88 Å². The van der Waals surface area contributed by atoms with Gasteiger partial charge in [-0.1, -0.05) is 0 Å². The van der Waals surface area contributed by atoms with Crippen molar-refractivity contribution in [2.24, 2.45) is 0 Å². The number of nitrogens with two attached hydrogens (primary N) is 1. The lowest BCUT2D eigenvalue weighted by molar-refractivity contribution is -0.127. The van der Waals surface area contributed by atoms with Crippen LogP contribution in [0.15, 0.2) is 12.3 Å². The minimum absolute atomic E-state index is 0.0132. The van der Waals surface area contributed by atoms with Gasteiger partial charge in [0.05, 0.1) is 25.4 Å². The summed E-state index contributed by atoms with van der Waals surface area (Å²) in [6.45, 7) is 0. The van der Waals surface area contributed by atoms with Crippen molar-refractivity contribution in [1.29, 1.82) is 0 Å². The lowest BCUT2D eigenvalue weighted by Crippen LogP contribution is -2.23. The number of rotatable bonds is 3. The SMILES string of the molecule is COc1ncc(N)cc1CC(=O)N(C)C. The van der Waals surface area contributed by atoms with Crippen molar-refractivity contribution in [3.63, 3.8) is 0 Å². The summed E-state index contributed by atoms with van der Waals surface area (Å²) >= 11 is 0. The van der Waals surface area contributed by atoms with E-state index in [2.05, 4.69) is 4.98 Å². The molecule has 0 aliphatic rings. The Labute approximate surface area is 88.9 Å². The van der Waals surface area contributed by atoms with E-state index in [0.29, 0.717) is 17.1 Å². The Morgan fingerprint density at radius 1 is 1.60 bits per heavy atom. The third-order valence-electron chi connectivity index (χ3n) is 1.98. The third kappa shape index (κ3) is 2.83. The summed E-state index contributed by atoms with van der Waals surface area (Å²) in [5, 5.41) is 0. The van der Waals surface area contributed by atoms with Crippen LogP contribution in [-0.4, -0.2) is 37.0 Å². The molecule has 0 aromatic carbocycles. The molecule has 0 unspecified atom stereocenters. The zero-order chi connectivity index (χ0) is 11.4. The van der Waals surface area contributed by atoms with Crippen molar-refractivity contribution in [3.05, 3.63) is 17.8 Å². The lowest BCUT2D eigenvalue weighted by atomic mass is 10.1. The molecule has 15 heavy (non-hydrogen) atoms. The fourth-order valence-corrected chi connectivity index (χ4v) is 1.15. The van der Waals surface area contributed by atoms with Gasteiger partial charge in [0, 0.05) is 19.7 Å². The number of anilines is 1. The van der Waals surface area contributed by atoms with Crippen LogP contribution in [0.5, 0.6) is 5.88 Å². The number of hydrogen-bond donors (Lipinski definition) is 1. The van der Waals surface area contributed by atoms with Crippen molar-refractivity contribution in [2.45, 2.75) is 6.42 Å². The molecule has 1 amide bonds. The fraction of sp³-hybridized carbons (Fsp3) is 0.400. The smallest absolute Gasteiger partial charge is 0.226 e. The number of pyridine rings is 1. The van der Waals surface area contributed by atoms with E-state index in [-0.39, 0.29) is 12.3 Å². The Morgan fingerprint density at radius 3 is 2.80 bits per heavy atom. The first kappa shape index (κ1) is 11.3. The maximum absolute atomic E-state index is 11.5. The molecule has 1 aromatic heterocycles. The quantitative estimate of drug-likeness (QED) is 0.777. The van der Waals surface area contributed by atoms with Gasteiger partial charge in [-0.3, -0.25) is 4.79 Å². The average Bonchev–Trinajstić information content (AvgIpc) is 2.18. The standard InChI is InChI=1S/C10H15N3O2/c1-13(2)9(14)5-7-4-8(11)6-12-10(7)15-3/h4,6H,5,11H2,1-3H3. The van der Waals surface area contributed by atoms with E-state index in [1.807, 2.05) is 0 Å². The molecule has 82 valence electrons. The van der Waals surface area contributed by atoms with E-state index in [0.717, 1.165) is 0 Å². The number of carbonyl (C=O) groups excluding carboxylic acids is 1. The Kier molecular flexibility index (Phi) is 3.49. The highest BCUT2D eigenvalue weighted by molar-refractivity contribution is 5.79. The van der Waals surface area contributed by atoms with Crippen LogP contribution >= 0.6 is 0 Å². The zero-order valence-electron chi connectivity index (χ0n) is 9.15. The summed E-state index contributed by atoms with van der Waals surface area (Å²) in [6, 6.07) is 1.70. The molecule has 0 saturated heterocycles. The first-order valence-electron chi connectivity index (χ1n) is 4.53. The Morgan fingerprint density at radius 2 is 2.27 bits per heavy atom. The van der Waals surface area contributed by atoms with Gasteiger partial charge in [-0.2, -0.15) is 0 Å². The van der Waals surface area contributed by atoms with Crippen LogP contribution in [0.1, 0.15) is 5.56 Å². The average molecular weight is 209 g/mol. The maximum atomic E-state index is 11.5.